The Balaban J connectivity index is 1.63. The number of carbonyl (C=O) groups excluding carboxylic acids is 1. The lowest BCUT2D eigenvalue weighted by Crippen LogP contribution is -2.16. The molecule has 4 aromatic rings. The minimum Gasteiger partial charge on any atom is -0.298 e. The van der Waals surface area contributed by atoms with Crippen LogP contribution < -0.4 is 10.4 Å². The molecule has 0 fully saturated rings. The average Bonchev–Trinajstić information content (AvgIpc) is 3.61. The maximum Gasteiger partial charge on any atom is 0.150 e. The van der Waals surface area contributed by atoms with Crippen LogP contribution in [0.3, 0.4) is 0 Å². The minimum absolute atomic E-state index is 0.693. The molecule has 164 valence electrons. The predicted molar refractivity (Wildman–Crippen MR) is 157 cm³/mol. The molecule has 5 heteroatoms. The largest absolute Gasteiger partial charge is 0.298 e. The summed E-state index contributed by atoms with van der Waals surface area (Å²) < 4.78 is 2.66. The van der Waals surface area contributed by atoms with Gasteiger partial charge in [0.1, 0.15) is 6.29 Å². The summed E-state index contributed by atoms with van der Waals surface area (Å²) in [6, 6.07) is 23.3. The molecular weight excluding hydrogens is 493 g/mol. The lowest BCUT2D eigenvalue weighted by atomic mass is 9.97. The first-order chi connectivity index (χ1) is 16.8. The highest BCUT2D eigenvalue weighted by molar-refractivity contribution is 8.35. The van der Waals surface area contributed by atoms with Crippen molar-refractivity contribution in [3.63, 3.8) is 0 Å². The second-order valence-corrected chi connectivity index (χ2v) is 12.0. The fourth-order valence-corrected chi connectivity index (χ4v) is 8.11. The Kier molecular flexibility index (Phi) is 6.18. The number of thioether (sulfide) groups is 4. The van der Waals surface area contributed by atoms with Crippen molar-refractivity contribution in [1.29, 1.82) is 0 Å². The molecule has 4 aromatic carbocycles. The van der Waals surface area contributed by atoms with Crippen LogP contribution in [0.5, 0.6) is 0 Å². The van der Waals surface area contributed by atoms with E-state index in [1.807, 2.05) is 47.8 Å². The first-order valence-corrected chi connectivity index (χ1v) is 14.3. The van der Waals surface area contributed by atoms with Gasteiger partial charge in [0, 0.05) is 16.0 Å². The van der Waals surface area contributed by atoms with Gasteiger partial charge in [-0.05, 0) is 60.4 Å². The summed E-state index contributed by atoms with van der Waals surface area (Å²) in [5, 5.41) is 16.5. The van der Waals surface area contributed by atoms with Crippen LogP contribution in [0.25, 0.3) is 42.2 Å². The van der Waals surface area contributed by atoms with Crippen LogP contribution in [0.1, 0.15) is 21.5 Å². The van der Waals surface area contributed by atoms with E-state index in [1.54, 1.807) is 23.5 Å². The molecule has 2 heterocycles. The highest BCUT2D eigenvalue weighted by Gasteiger charge is 2.15. The molecule has 0 unspecified atom stereocenters. The minimum atomic E-state index is 0.693. The Morgan fingerprint density at radius 2 is 0.971 bits per heavy atom. The number of carbonyl (C=O) groups is 1. The smallest absolute Gasteiger partial charge is 0.150 e. The molecule has 0 aromatic heterocycles. The van der Waals surface area contributed by atoms with E-state index >= 15 is 0 Å². The molecule has 0 atom stereocenters. The number of hydrogen-bond acceptors (Lipinski definition) is 5. The van der Waals surface area contributed by atoms with E-state index in [2.05, 4.69) is 76.2 Å². The van der Waals surface area contributed by atoms with E-state index in [0.29, 0.717) is 5.56 Å². The second kappa shape index (κ2) is 9.59. The molecule has 0 amide bonds. The number of hydrogen-bond donors (Lipinski definition) is 0. The van der Waals surface area contributed by atoms with Gasteiger partial charge in [-0.3, -0.25) is 4.79 Å². The molecule has 1 nitrogen and oxygen atoms in total. The van der Waals surface area contributed by atoms with Gasteiger partial charge in [0.05, 0.1) is 8.47 Å². The fraction of sp³-hybridized carbons (Fsp3) is 0. The van der Waals surface area contributed by atoms with Gasteiger partial charge in [-0.25, -0.2) is 0 Å². The topological polar surface area (TPSA) is 17.1 Å². The molecule has 34 heavy (non-hydrogen) atoms. The lowest BCUT2D eigenvalue weighted by Gasteiger charge is -2.12. The SMILES string of the molecule is O=Cc1ccc(/C=C/c2ccc3c(=C4SC=CS4)c4ccccc4c(=C4SC=CS4)c3c2)cc1. The summed E-state index contributed by atoms with van der Waals surface area (Å²) in [5.74, 6) is 0. The Morgan fingerprint density at radius 3 is 1.56 bits per heavy atom. The van der Waals surface area contributed by atoms with Crippen molar-refractivity contribution in [2.45, 2.75) is 0 Å². The van der Waals surface area contributed by atoms with Crippen LogP contribution in [0, 0.1) is 0 Å². The molecular formula is C29H18OS4. The maximum atomic E-state index is 10.9. The van der Waals surface area contributed by atoms with E-state index in [1.165, 1.54) is 40.5 Å². The van der Waals surface area contributed by atoms with Crippen LogP contribution >= 0.6 is 47.0 Å². The normalized spacial score (nSPS) is 15.4. The predicted octanol–water partition coefficient (Wildman–Crippen LogP) is 8.01. The Labute approximate surface area is 214 Å². The van der Waals surface area contributed by atoms with Gasteiger partial charge >= 0.3 is 0 Å². The van der Waals surface area contributed by atoms with Gasteiger partial charge < -0.3 is 0 Å². The first kappa shape index (κ1) is 21.9. The van der Waals surface area contributed by atoms with Crippen molar-refractivity contribution in [2.24, 2.45) is 0 Å². The molecule has 0 aliphatic carbocycles. The molecule has 0 N–H and O–H groups in total. The summed E-state index contributed by atoms with van der Waals surface area (Å²) in [4.78, 5) is 10.9. The average molecular weight is 511 g/mol. The Hall–Kier alpha value is -2.57. The quantitative estimate of drug-likeness (QED) is 0.157. The Morgan fingerprint density at radius 1 is 0.500 bits per heavy atom. The van der Waals surface area contributed by atoms with Gasteiger partial charge in [-0.2, -0.15) is 0 Å². The Bertz CT molecular complexity index is 1640. The van der Waals surface area contributed by atoms with Gasteiger partial charge in [0.2, 0.25) is 0 Å². The van der Waals surface area contributed by atoms with Gasteiger partial charge in [-0.15, -0.1) is 0 Å². The summed E-state index contributed by atoms with van der Waals surface area (Å²) in [6.07, 6.45) is 5.13. The third-order valence-electron chi connectivity index (χ3n) is 5.81. The highest BCUT2D eigenvalue weighted by atomic mass is 32.2. The molecule has 6 rings (SSSR count). The molecule has 2 aliphatic heterocycles. The summed E-state index contributed by atoms with van der Waals surface area (Å²) in [7, 11) is 0. The summed E-state index contributed by atoms with van der Waals surface area (Å²) in [6.45, 7) is 0. The van der Waals surface area contributed by atoms with Crippen LogP contribution in [0.15, 0.2) is 88.4 Å². The zero-order valence-corrected chi connectivity index (χ0v) is 21.2. The number of benzene rings is 4. The van der Waals surface area contributed by atoms with Crippen LogP contribution in [0.4, 0.5) is 0 Å². The fourth-order valence-electron chi connectivity index (χ4n) is 4.27. The zero-order chi connectivity index (χ0) is 22.9. The van der Waals surface area contributed by atoms with Crippen molar-refractivity contribution in [3.8, 4) is 0 Å². The molecule has 0 spiro atoms. The van der Waals surface area contributed by atoms with Crippen molar-refractivity contribution in [1.82, 2.24) is 0 Å². The van der Waals surface area contributed by atoms with E-state index in [9.17, 15) is 4.79 Å². The van der Waals surface area contributed by atoms with Crippen molar-refractivity contribution >= 4 is 95.5 Å². The third kappa shape index (κ3) is 4.07. The monoisotopic (exact) mass is 510 g/mol. The second-order valence-electron chi connectivity index (χ2n) is 7.81. The zero-order valence-electron chi connectivity index (χ0n) is 17.9. The van der Waals surface area contributed by atoms with E-state index in [4.69, 9.17) is 0 Å². The molecule has 2 aliphatic rings. The van der Waals surface area contributed by atoms with E-state index in [0.717, 1.165) is 17.4 Å². The molecule has 0 radical (unpaired) electrons. The number of rotatable bonds is 3. The highest BCUT2D eigenvalue weighted by Crippen LogP contribution is 2.41. The molecule has 0 bridgehead atoms. The summed E-state index contributed by atoms with van der Waals surface area (Å²) >= 11 is 7.23. The summed E-state index contributed by atoms with van der Waals surface area (Å²) in [5.41, 5.74) is 2.93. The van der Waals surface area contributed by atoms with E-state index < -0.39 is 0 Å². The van der Waals surface area contributed by atoms with Crippen LogP contribution in [-0.2, 0) is 0 Å². The van der Waals surface area contributed by atoms with Crippen molar-refractivity contribution in [2.75, 3.05) is 0 Å². The van der Waals surface area contributed by atoms with Crippen LogP contribution in [0.2, 0.25) is 0 Å². The molecule has 0 saturated heterocycles. The maximum absolute atomic E-state index is 10.9. The third-order valence-corrected chi connectivity index (χ3v) is 10.1. The number of fused-ring (bicyclic) bond motifs is 2. The van der Waals surface area contributed by atoms with Gasteiger partial charge in [0.25, 0.3) is 0 Å². The van der Waals surface area contributed by atoms with Crippen LogP contribution in [-0.4, -0.2) is 6.29 Å². The lowest BCUT2D eigenvalue weighted by molar-refractivity contribution is 0.112. The van der Waals surface area contributed by atoms with E-state index in [-0.39, 0.29) is 0 Å². The van der Waals surface area contributed by atoms with Gasteiger partial charge in [0.15, 0.2) is 0 Å². The van der Waals surface area contributed by atoms with Crippen molar-refractivity contribution < 1.29 is 4.79 Å². The van der Waals surface area contributed by atoms with Crippen molar-refractivity contribution in [3.05, 3.63) is 115 Å². The van der Waals surface area contributed by atoms with Gasteiger partial charge in [-0.1, -0.05) is 120 Å². The standard InChI is InChI=1S/C29H18OS4/c30-18-21-9-6-19(7-10-21)5-8-20-11-12-24-25(17-20)27(29-33-15-16-34-29)23-4-2-1-3-22(23)26(24)28-31-13-14-32-28/h1-18H/b8-5+. The molecule has 0 saturated carbocycles. The number of aldehydes is 1. The first-order valence-electron chi connectivity index (χ1n) is 10.7.